The van der Waals surface area contributed by atoms with Crippen molar-refractivity contribution in [2.75, 3.05) is 19.8 Å². The summed E-state index contributed by atoms with van der Waals surface area (Å²) in [5.41, 5.74) is 0.250. The Balaban J connectivity index is 3.02. The maximum absolute atomic E-state index is 5.43. The van der Waals surface area contributed by atoms with E-state index in [9.17, 15) is 0 Å². The summed E-state index contributed by atoms with van der Waals surface area (Å²) in [7, 11) is 0. The molecule has 0 saturated heterocycles. The van der Waals surface area contributed by atoms with Gasteiger partial charge in [-0.3, -0.25) is 0 Å². The van der Waals surface area contributed by atoms with E-state index in [2.05, 4.69) is 32.7 Å². The summed E-state index contributed by atoms with van der Waals surface area (Å²) < 4.78 is 5.43. The second-order valence-corrected chi connectivity index (χ2v) is 4.93. The van der Waals surface area contributed by atoms with Gasteiger partial charge in [0.25, 0.3) is 0 Å². The highest BCUT2D eigenvalue weighted by atomic mass is 16.5. The molecule has 0 rings (SSSR count). The lowest BCUT2D eigenvalue weighted by atomic mass is 10.1. The van der Waals surface area contributed by atoms with Crippen molar-refractivity contribution < 1.29 is 4.74 Å². The van der Waals surface area contributed by atoms with Gasteiger partial charge in [0, 0.05) is 18.8 Å². The highest BCUT2D eigenvalue weighted by Crippen LogP contribution is 2.00. The topological polar surface area (TPSA) is 21.3 Å². The molecule has 1 N–H and O–H groups in total. The number of rotatable bonds is 9. The third kappa shape index (κ3) is 13.7. The molecule has 0 fully saturated rings. The summed E-state index contributed by atoms with van der Waals surface area (Å²) in [5.74, 6) is 0. The zero-order valence-corrected chi connectivity index (χ0v) is 10.6. The minimum atomic E-state index is 0.250. The molecule has 15 heavy (non-hydrogen) atoms. The molecule has 0 atom stereocenters. The van der Waals surface area contributed by atoms with E-state index in [1.807, 2.05) is 6.08 Å². The van der Waals surface area contributed by atoms with Crippen LogP contribution in [0.1, 0.15) is 46.5 Å². The van der Waals surface area contributed by atoms with E-state index < -0.39 is 0 Å². The molecule has 0 aliphatic heterocycles. The van der Waals surface area contributed by atoms with Crippen molar-refractivity contribution in [1.82, 2.24) is 5.32 Å². The second kappa shape index (κ2) is 8.93. The summed E-state index contributed by atoms with van der Waals surface area (Å²) in [6.45, 7) is 13.1. The Hall–Kier alpha value is -0.340. The van der Waals surface area contributed by atoms with Crippen molar-refractivity contribution in [2.24, 2.45) is 0 Å². The molecule has 0 aromatic heterocycles. The van der Waals surface area contributed by atoms with Crippen LogP contribution in [0.2, 0.25) is 0 Å². The first kappa shape index (κ1) is 14.7. The Kier molecular flexibility index (Phi) is 8.73. The largest absolute Gasteiger partial charge is 0.381 e. The van der Waals surface area contributed by atoms with Gasteiger partial charge in [0.15, 0.2) is 0 Å². The predicted octanol–water partition coefficient (Wildman–Crippen LogP) is 3.14. The van der Waals surface area contributed by atoms with Crippen LogP contribution in [0.3, 0.4) is 0 Å². The van der Waals surface area contributed by atoms with Gasteiger partial charge in [-0.15, -0.1) is 6.58 Å². The maximum atomic E-state index is 5.43. The van der Waals surface area contributed by atoms with Gasteiger partial charge in [0.2, 0.25) is 0 Å². The van der Waals surface area contributed by atoms with Crippen LogP contribution >= 0.6 is 0 Å². The van der Waals surface area contributed by atoms with Gasteiger partial charge in [0.1, 0.15) is 0 Å². The van der Waals surface area contributed by atoms with E-state index in [0.29, 0.717) is 0 Å². The molecule has 90 valence electrons. The fourth-order valence-corrected chi connectivity index (χ4v) is 1.24. The summed E-state index contributed by atoms with van der Waals surface area (Å²) in [5, 5.41) is 3.48. The van der Waals surface area contributed by atoms with Crippen molar-refractivity contribution >= 4 is 0 Å². The van der Waals surface area contributed by atoms with E-state index in [-0.39, 0.29) is 5.54 Å². The smallest absolute Gasteiger partial charge is 0.0500 e. The molecule has 0 bridgehead atoms. The highest BCUT2D eigenvalue weighted by molar-refractivity contribution is 4.69. The van der Waals surface area contributed by atoms with Crippen LogP contribution < -0.4 is 5.32 Å². The molecule has 0 aromatic rings. The molecule has 0 aliphatic carbocycles. The van der Waals surface area contributed by atoms with Crippen LogP contribution in [0, 0.1) is 0 Å². The van der Waals surface area contributed by atoms with Crippen LogP contribution in [0.15, 0.2) is 12.7 Å². The minimum absolute atomic E-state index is 0.250. The third-order valence-electron chi connectivity index (χ3n) is 2.09. The van der Waals surface area contributed by atoms with Gasteiger partial charge >= 0.3 is 0 Å². The minimum Gasteiger partial charge on any atom is -0.381 e. The van der Waals surface area contributed by atoms with Gasteiger partial charge in [-0.05, 0) is 53.0 Å². The Labute approximate surface area is 95.1 Å². The van der Waals surface area contributed by atoms with Crippen LogP contribution in [0.25, 0.3) is 0 Å². The first-order chi connectivity index (χ1) is 7.06. The highest BCUT2D eigenvalue weighted by Gasteiger charge is 2.06. The van der Waals surface area contributed by atoms with Gasteiger partial charge in [-0.2, -0.15) is 0 Å². The maximum Gasteiger partial charge on any atom is 0.0500 e. The first-order valence-electron chi connectivity index (χ1n) is 6.00. The molecule has 0 saturated carbocycles. The Morgan fingerprint density at radius 1 is 1.13 bits per heavy atom. The van der Waals surface area contributed by atoms with Crippen LogP contribution in [0.5, 0.6) is 0 Å². The van der Waals surface area contributed by atoms with Crippen LogP contribution in [-0.4, -0.2) is 25.3 Å². The molecular weight excluding hydrogens is 186 g/mol. The lowest BCUT2D eigenvalue weighted by Gasteiger charge is -2.20. The molecule has 2 heteroatoms. The van der Waals surface area contributed by atoms with Crippen molar-refractivity contribution in [1.29, 1.82) is 0 Å². The molecular formula is C13H27NO. The molecule has 0 aromatic carbocycles. The fourth-order valence-electron chi connectivity index (χ4n) is 1.24. The monoisotopic (exact) mass is 213 g/mol. The van der Waals surface area contributed by atoms with Crippen molar-refractivity contribution in [2.45, 2.75) is 52.0 Å². The number of unbranched alkanes of at least 4 members (excludes halogenated alkanes) is 2. The van der Waals surface area contributed by atoms with Gasteiger partial charge in [-0.1, -0.05) is 6.08 Å². The Bertz CT molecular complexity index is 149. The van der Waals surface area contributed by atoms with E-state index in [1.54, 1.807) is 0 Å². The number of nitrogens with one attached hydrogen (secondary N) is 1. The van der Waals surface area contributed by atoms with Gasteiger partial charge in [0.05, 0.1) is 0 Å². The normalized spacial score (nSPS) is 11.7. The quantitative estimate of drug-likeness (QED) is 0.469. The summed E-state index contributed by atoms with van der Waals surface area (Å²) in [4.78, 5) is 0. The average molecular weight is 213 g/mol. The molecule has 2 nitrogen and oxygen atoms in total. The lowest BCUT2D eigenvalue weighted by Crippen LogP contribution is -2.36. The lowest BCUT2D eigenvalue weighted by molar-refractivity contribution is 0.134. The number of ether oxygens (including phenoxy) is 1. The Morgan fingerprint density at radius 3 is 2.47 bits per heavy atom. The van der Waals surface area contributed by atoms with Gasteiger partial charge < -0.3 is 10.1 Å². The van der Waals surface area contributed by atoms with Crippen molar-refractivity contribution in [3.05, 3.63) is 12.7 Å². The molecule has 0 radical (unpaired) electrons. The van der Waals surface area contributed by atoms with E-state index >= 15 is 0 Å². The number of hydrogen-bond donors (Lipinski definition) is 1. The molecule has 0 heterocycles. The van der Waals surface area contributed by atoms with Gasteiger partial charge in [-0.25, -0.2) is 0 Å². The zero-order valence-electron chi connectivity index (χ0n) is 10.6. The predicted molar refractivity (Wildman–Crippen MR) is 67.2 cm³/mol. The second-order valence-electron chi connectivity index (χ2n) is 4.93. The molecule has 0 aliphatic rings. The number of hydrogen-bond acceptors (Lipinski definition) is 2. The summed E-state index contributed by atoms with van der Waals surface area (Å²) in [6, 6.07) is 0. The first-order valence-corrected chi connectivity index (χ1v) is 6.00. The van der Waals surface area contributed by atoms with E-state index in [4.69, 9.17) is 4.74 Å². The van der Waals surface area contributed by atoms with Crippen LogP contribution in [-0.2, 0) is 4.74 Å². The van der Waals surface area contributed by atoms with E-state index in [0.717, 1.165) is 26.2 Å². The fraction of sp³-hybridized carbons (Fsp3) is 0.846. The standard InChI is InChI=1S/C13H27NO/c1-5-6-11-15-12-9-7-8-10-14-13(2,3)4/h5,14H,1,6-12H2,2-4H3. The Morgan fingerprint density at radius 2 is 1.87 bits per heavy atom. The molecule has 0 spiro atoms. The summed E-state index contributed by atoms with van der Waals surface area (Å²) >= 11 is 0. The van der Waals surface area contributed by atoms with Crippen molar-refractivity contribution in [3.8, 4) is 0 Å². The van der Waals surface area contributed by atoms with Crippen molar-refractivity contribution in [3.63, 3.8) is 0 Å². The van der Waals surface area contributed by atoms with Crippen LogP contribution in [0.4, 0.5) is 0 Å². The molecule has 0 amide bonds. The van der Waals surface area contributed by atoms with E-state index in [1.165, 1.54) is 19.3 Å². The average Bonchev–Trinajstić information content (AvgIpc) is 2.14. The zero-order chi connectivity index (χ0) is 11.6. The third-order valence-corrected chi connectivity index (χ3v) is 2.09. The summed E-state index contributed by atoms with van der Waals surface area (Å²) in [6.07, 6.45) is 6.51. The molecule has 0 unspecified atom stereocenters. The SMILES string of the molecule is C=CCCOCCCCCNC(C)(C)C.